The van der Waals surface area contributed by atoms with Gasteiger partial charge in [0.2, 0.25) is 5.28 Å². The molecular weight excluding hydrogens is 437 g/mol. The average molecular weight is 457 g/mol. The molecule has 2 aromatic heterocycles. The number of pyridine rings is 1. The fraction of sp³-hybridized carbons (Fsp3) is 0.474. The maximum absolute atomic E-state index is 13.0. The summed E-state index contributed by atoms with van der Waals surface area (Å²) in [5.41, 5.74) is 0.820. The number of rotatable bonds is 3. The van der Waals surface area contributed by atoms with E-state index in [1.807, 2.05) is 0 Å². The summed E-state index contributed by atoms with van der Waals surface area (Å²) in [6.45, 7) is 4.28. The fourth-order valence-corrected chi connectivity index (χ4v) is 3.76. The molecule has 0 radical (unpaired) electrons. The molecule has 4 rings (SSSR count). The third-order valence-corrected chi connectivity index (χ3v) is 5.42. The second-order valence-electron chi connectivity index (χ2n) is 7.38. The van der Waals surface area contributed by atoms with Crippen LogP contribution < -0.4 is 5.32 Å². The quantitative estimate of drug-likeness (QED) is 0.712. The van der Waals surface area contributed by atoms with Crippen LogP contribution in [0.2, 0.25) is 5.28 Å². The van der Waals surface area contributed by atoms with Gasteiger partial charge >= 0.3 is 12.2 Å². The van der Waals surface area contributed by atoms with Gasteiger partial charge in [-0.05, 0) is 30.2 Å². The van der Waals surface area contributed by atoms with Crippen molar-refractivity contribution in [3.8, 4) is 0 Å². The molecule has 8 nitrogen and oxygen atoms in total. The Kier molecular flexibility index (Phi) is 5.89. The van der Waals surface area contributed by atoms with Gasteiger partial charge in [-0.25, -0.2) is 14.8 Å². The van der Waals surface area contributed by atoms with Crippen LogP contribution in [0.5, 0.6) is 0 Å². The van der Waals surface area contributed by atoms with E-state index in [2.05, 4.69) is 20.3 Å². The van der Waals surface area contributed by atoms with Crippen molar-refractivity contribution in [1.82, 2.24) is 24.8 Å². The number of amides is 2. The number of nitrogens with one attached hydrogen (secondary N) is 1. The Morgan fingerprint density at radius 1 is 1.19 bits per heavy atom. The van der Waals surface area contributed by atoms with Crippen LogP contribution in [0.25, 0.3) is 0 Å². The molecule has 31 heavy (non-hydrogen) atoms. The van der Waals surface area contributed by atoms with E-state index in [4.69, 9.17) is 16.3 Å². The number of alkyl halides is 3. The molecule has 0 unspecified atom stereocenters. The highest BCUT2D eigenvalue weighted by Crippen LogP contribution is 2.33. The van der Waals surface area contributed by atoms with E-state index in [0.717, 1.165) is 12.3 Å². The lowest BCUT2D eigenvalue weighted by atomic mass is 10.1. The van der Waals surface area contributed by atoms with E-state index in [9.17, 15) is 18.0 Å². The number of fused-ring (bicyclic) bond motifs is 1. The van der Waals surface area contributed by atoms with Crippen molar-refractivity contribution in [3.05, 3.63) is 46.1 Å². The highest BCUT2D eigenvalue weighted by molar-refractivity contribution is 6.28. The Morgan fingerprint density at radius 2 is 1.94 bits per heavy atom. The molecule has 12 heteroatoms. The number of nitrogens with zero attached hydrogens (tertiary/aromatic N) is 5. The number of carbonyl (C=O) groups is 1. The number of carbonyl (C=O) groups excluding carboxylic acids is 1. The summed E-state index contributed by atoms with van der Waals surface area (Å²) in [7, 11) is 0. The van der Waals surface area contributed by atoms with Gasteiger partial charge in [-0.2, -0.15) is 13.2 Å². The Bertz CT molecular complexity index is 984. The van der Waals surface area contributed by atoms with Crippen molar-refractivity contribution in [3.63, 3.8) is 0 Å². The molecule has 0 saturated carbocycles. The Morgan fingerprint density at radius 3 is 2.65 bits per heavy atom. The lowest BCUT2D eigenvalue weighted by molar-refractivity contribution is -0.137. The highest BCUT2D eigenvalue weighted by Gasteiger charge is 2.33. The second-order valence-corrected chi connectivity index (χ2v) is 7.71. The summed E-state index contributed by atoms with van der Waals surface area (Å²) in [6, 6.07) is 0.384. The molecule has 2 aliphatic rings. The van der Waals surface area contributed by atoms with Gasteiger partial charge in [0.05, 0.1) is 43.6 Å². The van der Waals surface area contributed by atoms with Gasteiger partial charge in [0.1, 0.15) is 5.82 Å². The molecule has 0 aliphatic carbocycles. The van der Waals surface area contributed by atoms with E-state index in [-0.39, 0.29) is 24.4 Å². The largest absolute Gasteiger partial charge is 0.417 e. The van der Waals surface area contributed by atoms with Crippen molar-refractivity contribution in [1.29, 1.82) is 0 Å². The lowest BCUT2D eigenvalue weighted by Gasteiger charge is -2.30. The normalized spacial score (nSPS) is 17.5. The number of anilines is 1. The highest BCUT2D eigenvalue weighted by atomic mass is 35.5. The van der Waals surface area contributed by atoms with Crippen LogP contribution in [0, 0.1) is 0 Å². The summed E-state index contributed by atoms with van der Waals surface area (Å²) in [4.78, 5) is 28.3. The summed E-state index contributed by atoms with van der Waals surface area (Å²) >= 11 is 6.07. The van der Waals surface area contributed by atoms with Crippen molar-refractivity contribution in [2.75, 3.05) is 31.6 Å². The van der Waals surface area contributed by atoms with Gasteiger partial charge in [-0.15, -0.1) is 0 Å². The molecule has 0 aromatic carbocycles. The van der Waals surface area contributed by atoms with Gasteiger partial charge in [-0.3, -0.25) is 4.98 Å². The zero-order valence-electron chi connectivity index (χ0n) is 16.6. The number of hydrogen-bond donors (Lipinski definition) is 1. The molecule has 1 atom stereocenters. The molecule has 4 heterocycles. The monoisotopic (exact) mass is 456 g/mol. The van der Waals surface area contributed by atoms with Crippen LogP contribution in [-0.4, -0.2) is 57.1 Å². The van der Waals surface area contributed by atoms with E-state index in [0.29, 0.717) is 48.9 Å². The van der Waals surface area contributed by atoms with Crippen molar-refractivity contribution in [2.45, 2.75) is 32.2 Å². The molecule has 0 spiro atoms. The number of aromatic nitrogens is 3. The maximum Gasteiger partial charge on any atom is 0.417 e. The minimum Gasteiger partial charge on any atom is -0.378 e. The summed E-state index contributed by atoms with van der Waals surface area (Å²) in [5.74, 6) is 0.386. The van der Waals surface area contributed by atoms with Crippen molar-refractivity contribution < 1.29 is 22.7 Å². The number of urea groups is 1. The Hall–Kier alpha value is -2.66. The van der Waals surface area contributed by atoms with Gasteiger partial charge in [0, 0.05) is 31.0 Å². The predicted molar refractivity (Wildman–Crippen MR) is 105 cm³/mol. The Balaban J connectivity index is 1.53. The number of ether oxygens (including phenoxy) is 1. The molecule has 1 fully saturated rings. The molecule has 166 valence electrons. The van der Waals surface area contributed by atoms with Gasteiger partial charge in [0.25, 0.3) is 0 Å². The first-order chi connectivity index (χ1) is 14.7. The van der Waals surface area contributed by atoms with Crippen LogP contribution in [0.3, 0.4) is 0 Å². The number of morpholine rings is 1. The molecule has 2 aromatic rings. The minimum atomic E-state index is -4.48. The van der Waals surface area contributed by atoms with E-state index in [1.165, 1.54) is 6.20 Å². The second kappa shape index (κ2) is 8.46. The smallest absolute Gasteiger partial charge is 0.378 e. The van der Waals surface area contributed by atoms with E-state index < -0.39 is 17.8 Å². The number of halogens is 4. The van der Waals surface area contributed by atoms with Crippen LogP contribution in [0.1, 0.15) is 35.3 Å². The topological polar surface area (TPSA) is 83.5 Å². The third-order valence-electron chi connectivity index (χ3n) is 5.25. The first-order valence-electron chi connectivity index (χ1n) is 9.68. The standard InChI is InChI=1S/C19H20ClF3N6O2/c1-11(12-6-13(8-24-7-12)19(21,22)23)25-16-14-9-29(10-15(14)26-17(20)27-16)18(30)28-2-4-31-5-3-28/h6-8,11H,2-5,9-10H2,1H3,(H,25,26,27)/t11-/m1/s1. The lowest BCUT2D eigenvalue weighted by Crippen LogP contribution is -2.46. The summed E-state index contributed by atoms with van der Waals surface area (Å²) < 4.78 is 44.3. The fourth-order valence-electron chi connectivity index (χ4n) is 3.57. The average Bonchev–Trinajstić information content (AvgIpc) is 3.17. The molecule has 2 aliphatic heterocycles. The molecule has 0 bridgehead atoms. The zero-order chi connectivity index (χ0) is 22.2. The number of hydrogen-bond acceptors (Lipinski definition) is 6. The first kappa shape index (κ1) is 21.6. The predicted octanol–water partition coefficient (Wildman–Crippen LogP) is 3.48. The molecule has 1 saturated heterocycles. The van der Waals surface area contributed by atoms with E-state index in [1.54, 1.807) is 16.7 Å². The van der Waals surface area contributed by atoms with Crippen LogP contribution in [-0.2, 0) is 24.0 Å². The third kappa shape index (κ3) is 4.67. The molecule has 1 N–H and O–H groups in total. The minimum absolute atomic E-state index is 0.00344. The Labute approximate surface area is 181 Å². The van der Waals surface area contributed by atoms with Crippen molar-refractivity contribution >= 4 is 23.4 Å². The summed E-state index contributed by atoms with van der Waals surface area (Å²) in [5, 5.41) is 3.10. The first-order valence-corrected chi connectivity index (χ1v) is 10.1. The van der Waals surface area contributed by atoms with Gasteiger partial charge in [-0.1, -0.05) is 0 Å². The van der Waals surface area contributed by atoms with Crippen molar-refractivity contribution in [2.24, 2.45) is 0 Å². The van der Waals surface area contributed by atoms with Crippen LogP contribution in [0.4, 0.5) is 23.8 Å². The van der Waals surface area contributed by atoms with E-state index >= 15 is 0 Å². The van der Waals surface area contributed by atoms with Gasteiger partial charge < -0.3 is 19.9 Å². The van der Waals surface area contributed by atoms with Crippen LogP contribution >= 0.6 is 11.6 Å². The SMILES string of the molecule is C[C@@H](Nc1nc(Cl)nc2c1CN(C(=O)N1CCOCC1)C2)c1cncc(C(F)(F)F)c1. The molecule has 2 amide bonds. The van der Waals surface area contributed by atoms with Crippen LogP contribution in [0.15, 0.2) is 18.5 Å². The maximum atomic E-state index is 13.0. The summed E-state index contributed by atoms with van der Waals surface area (Å²) in [6.07, 6.45) is -2.34. The molecular formula is C19H20ClF3N6O2. The van der Waals surface area contributed by atoms with Gasteiger partial charge in [0.15, 0.2) is 0 Å². The zero-order valence-corrected chi connectivity index (χ0v) is 17.4.